The van der Waals surface area contributed by atoms with Gasteiger partial charge in [0.2, 0.25) is 0 Å². The molecule has 0 aromatic rings. The highest BCUT2D eigenvalue weighted by Gasteiger charge is 2.57. The Morgan fingerprint density at radius 2 is 2.57 bits per heavy atom. The van der Waals surface area contributed by atoms with Crippen molar-refractivity contribution in [1.82, 2.24) is 5.32 Å². The summed E-state index contributed by atoms with van der Waals surface area (Å²) in [5.41, 5.74) is 1.92. The summed E-state index contributed by atoms with van der Waals surface area (Å²) in [7, 11) is 1.97. The Kier molecular flexibility index (Phi) is 1.96. The molecule has 1 saturated carbocycles. The van der Waals surface area contributed by atoms with Crippen LogP contribution >= 0.6 is 11.8 Å². The van der Waals surface area contributed by atoms with Crippen molar-refractivity contribution in [1.29, 1.82) is 0 Å². The molecule has 0 bridgehead atoms. The van der Waals surface area contributed by atoms with E-state index in [1.807, 2.05) is 7.05 Å². The number of hydrogen-bond acceptors (Lipinski definition) is 3. The first-order valence-electron chi connectivity index (χ1n) is 5.12. The van der Waals surface area contributed by atoms with Crippen LogP contribution in [0, 0.1) is 10.8 Å². The van der Waals surface area contributed by atoms with Crippen molar-refractivity contribution in [3.05, 3.63) is 22.0 Å². The van der Waals surface area contributed by atoms with Crippen LogP contribution in [0.3, 0.4) is 0 Å². The molecule has 0 unspecified atom stereocenters. The molecule has 0 amide bonds. The molecule has 3 heteroatoms. The second-order valence-corrected chi connectivity index (χ2v) is 5.16. The minimum absolute atomic E-state index is 0.262. The molecule has 3 rings (SSSR count). The van der Waals surface area contributed by atoms with Crippen molar-refractivity contribution in [2.75, 3.05) is 20.2 Å². The first-order chi connectivity index (χ1) is 6.86. The van der Waals surface area contributed by atoms with E-state index in [1.165, 1.54) is 23.3 Å². The maximum atomic E-state index is 5.91. The summed E-state index contributed by atoms with van der Waals surface area (Å²) in [6.45, 7) is 1.83. The number of fused-ring (bicyclic) bond motifs is 1. The van der Waals surface area contributed by atoms with Gasteiger partial charge in [-0.1, -0.05) is 0 Å². The SMILES string of the molecule is CNC[C@H]1OCC2(CC2)C2=C1S[C+]=C2. The molecule has 1 atom stereocenters. The van der Waals surface area contributed by atoms with Crippen molar-refractivity contribution in [3.63, 3.8) is 0 Å². The predicted molar refractivity (Wildman–Crippen MR) is 57.8 cm³/mol. The van der Waals surface area contributed by atoms with Gasteiger partial charge in [0.25, 0.3) is 0 Å². The number of hydrogen-bond donors (Lipinski definition) is 1. The molecule has 2 heterocycles. The Balaban J connectivity index is 1.91. The Morgan fingerprint density at radius 3 is 3.29 bits per heavy atom. The van der Waals surface area contributed by atoms with Gasteiger partial charge in [-0.2, -0.15) is 0 Å². The monoisotopic (exact) mass is 208 g/mol. The normalized spacial score (nSPS) is 31.9. The molecule has 0 saturated heterocycles. The van der Waals surface area contributed by atoms with Gasteiger partial charge in [-0.15, -0.1) is 0 Å². The molecule has 0 aromatic heterocycles. The third kappa shape index (κ3) is 1.17. The van der Waals surface area contributed by atoms with Crippen LogP contribution in [-0.4, -0.2) is 26.3 Å². The summed E-state index contributed by atoms with van der Waals surface area (Å²) in [4.78, 5) is 1.41. The molecular weight excluding hydrogens is 194 g/mol. The van der Waals surface area contributed by atoms with Crippen LogP contribution in [0.15, 0.2) is 16.6 Å². The molecule has 1 spiro atoms. The Labute approximate surface area is 88.8 Å². The minimum atomic E-state index is 0.262. The quantitative estimate of drug-likeness (QED) is 0.698. The van der Waals surface area contributed by atoms with Crippen molar-refractivity contribution in [2.45, 2.75) is 18.9 Å². The fraction of sp³-hybridized carbons (Fsp3) is 0.636. The van der Waals surface area contributed by atoms with Crippen molar-refractivity contribution in [2.24, 2.45) is 5.41 Å². The van der Waals surface area contributed by atoms with E-state index in [0.717, 1.165) is 13.2 Å². The van der Waals surface area contributed by atoms with Gasteiger partial charge in [-0.25, -0.2) is 0 Å². The fourth-order valence-corrected chi connectivity index (χ4v) is 3.22. The maximum absolute atomic E-state index is 5.91. The van der Waals surface area contributed by atoms with Crippen LogP contribution in [0.5, 0.6) is 0 Å². The number of allylic oxidation sites excluding steroid dienone is 1. The molecular formula is C11H14NOS+. The van der Waals surface area contributed by atoms with Gasteiger partial charge in [-0.05, 0) is 19.9 Å². The molecule has 1 N–H and O–H groups in total. The minimum Gasteiger partial charge on any atom is -0.367 e. The Hall–Kier alpha value is -0.340. The molecule has 74 valence electrons. The van der Waals surface area contributed by atoms with E-state index in [4.69, 9.17) is 4.74 Å². The number of nitrogens with one attached hydrogen (secondary N) is 1. The fourth-order valence-electron chi connectivity index (χ4n) is 2.25. The van der Waals surface area contributed by atoms with E-state index >= 15 is 0 Å². The van der Waals surface area contributed by atoms with E-state index in [9.17, 15) is 0 Å². The van der Waals surface area contributed by atoms with Crippen LogP contribution in [0.4, 0.5) is 0 Å². The van der Waals surface area contributed by atoms with Gasteiger partial charge in [0.1, 0.15) is 22.0 Å². The van der Waals surface area contributed by atoms with Crippen molar-refractivity contribution >= 4 is 11.8 Å². The molecule has 1 fully saturated rings. The molecule has 2 nitrogen and oxygen atoms in total. The largest absolute Gasteiger partial charge is 0.367 e. The zero-order valence-corrected chi connectivity index (χ0v) is 9.12. The highest BCUT2D eigenvalue weighted by Crippen LogP contribution is 2.59. The molecule has 0 radical (unpaired) electrons. The lowest BCUT2D eigenvalue weighted by atomic mass is 9.92. The maximum Gasteiger partial charge on any atom is 0.173 e. The molecule has 3 aliphatic rings. The third-order valence-corrected chi connectivity index (χ3v) is 4.24. The summed E-state index contributed by atoms with van der Waals surface area (Å²) in [6, 6.07) is 0. The molecule has 0 aromatic carbocycles. The number of rotatable bonds is 2. The predicted octanol–water partition coefficient (Wildman–Crippen LogP) is 1.70. The highest BCUT2D eigenvalue weighted by atomic mass is 32.2. The van der Waals surface area contributed by atoms with E-state index in [0.29, 0.717) is 5.41 Å². The summed E-state index contributed by atoms with van der Waals surface area (Å²) >= 11 is 1.73. The van der Waals surface area contributed by atoms with Gasteiger partial charge in [0.05, 0.1) is 23.8 Å². The summed E-state index contributed by atoms with van der Waals surface area (Å²) in [5.74, 6) is 0. The second kappa shape index (κ2) is 3.07. The summed E-state index contributed by atoms with van der Waals surface area (Å²) in [6.07, 6.45) is 5.05. The first-order valence-corrected chi connectivity index (χ1v) is 5.94. The lowest BCUT2D eigenvalue weighted by Crippen LogP contribution is -2.34. The van der Waals surface area contributed by atoms with Gasteiger partial charge >= 0.3 is 0 Å². The average Bonchev–Trinajstić information content (AvgIpc) is 2.78. The topological polar surface area (TPSA) is 21.3 Å². The van der Waals surface area contributed by atoms with Crippen LogP contribution < -0.4 is 5.32 Å². The Bertz CT molecular complexity index is 317. The van der Waals surface area contributed by atoms with E-state index in [2.05, 4.69) is 16.8 Å². The van der Waals surface area contributed by atoms with Crippen molar-refractivity contribution in [3.8, 4) is 0 Å². The summed E-state index contributed by atoms with van der Waals surface area (Å²) in [5, 5.41) is 6.44. The van der Waals surface area contributed by atoms with Gasteiger partial charge in [-0.3, -0.25) is 0 Å². The first kappa shape index (κ1) is 8.93. The van der Waals surface area contributed by atoms with Crippen LogP contribution in [0.2, 0.25) is 0 Å². The standard InChI is InChI=1S/C11H14NOS/c1-12-6-9-10-8(2-5-14-10)11(3-4-11)7-13-9/h2,9,12H,3-4,6-7H2,1H3/q+1/t9-/m1/s1. The molecule has 1 aliphatic carbocycles. The Morgan fingerprint density at radius 1 is 1.71 bits per heavy atom. The zero-order chi connectivity index (χ0) is 9.60. The van der Waals surface area contributed by atoms with Crippen molar-refractivity contribution < 1.29 is 4.74 Å². The van der Waals surface area contributed by atoms with Gasteiger partial charge in [0.15, 0.2) is 6.08 Å². The van der Waals surface area contributed by atoms with E-state index in [-0.39, 0.29) is 6.10 Å². The third-order valence-electron chi connectivity index (χ3n) is 3.31. The number of thioether (sulfide) groups is 1. The van der Waals surface area contributed by atoms with Crippen LogP contribution in [0.25, 0.3) is 0 Å². The molecule has 14 heavy (non-hydrogen) atoms. The second-order valence-electron chi connectivity index (χ2n) is 4.28. The lowest BCUT2D eigenvalue weighted by Gasteiger charge is -2.25. The van der Waals surface area contributed by atoms with Crippen LogP contribution in [-0.2, 0) is 4.74 Å². The average molecular weight is 208 g/mol. The van der Waals surface area contributed by atoms with Crippen LogP contribution in [0.1, 0.15) is 12.8 Å². The van der Waals surface area contributed by atoms with Gasteiger partial charge in [0, 0.05) is 6.54 Å². The van der Waals surface area contributed by atoms with E-state index < -0.39 is 0 Å². The van der Waals surface area contributed by atoms with Gasteiger partial charge < -0.3 is 10.1 Å². The highest BCUT2D eigenvalue weighted by molar-refractivity contribution is 8.05. The molecule has 2 aliphatic heterocycles. The smallest absolute Gasteiger partial charge is 0.173 e. The number of ether oxygens (including phenoxy) is 1. The van der Waals surface area contributed by atoms with E-state index in [1.54, 1.807) is 11.8 Å². The summed E-state index contributed by atoms with van der Waals surface area (Å²) < 4.78 is 5.91. The number of likely N-dealkylation sites (N-methyl/N-ethyl adjacent to an activating group) is 1. The zero-order valence-electron chi connectivity index (χ0n) is 8.30. The lowest BCUT2D eigenvalue weighted by molar-refractivity contribution is 0.0441.